The molecule has 1 aliphatic heterocycles. The number of rotatable bonds is 3. The van der Waals surface area contributed by atoms with Crippen LogP contribution in [0.25, 0.3) is 0 Å². The summed E-state index contributed by atoms with van der Waals surface area (Å²) in [7, 11) is 0. The maximum atomic E-state index is 12.4. The lowest BCUT2D eigenvalue weighted by molar-refractivity contribution is 0.0751. The summed E-state index contributed by atoms with van der Waals surface area (Å²) in [4.78, 5) is 29.6. The number of primary amides is 1. The minimum absolute atomic E-state index is 0.117. The molecule has 0 radical (unpaired) electrons. The summed E-state index contributed by atoms with van der Waals surface area (Å²) in [6.07, 6.45) is 0. The number of carbonyl (C=O) groups excluding carboxylic acids is 2. The molecule has 2 aromatic rings. The van der Waals surface area contributed by atoms with Crippen LogP contribution in [0.4, 0.5) is 5.69 Å². The molecule has 0 atom stereocenters. The first-order valence-electron chi connectivity index (χ1n) is 7.55. The van der Waals surface area contributed by atoms with Gasteiger partial charge in [-0.05, 0) is 43.3 Å². The van der Waals surface area contributed by atoms with Crippen molar-refractivity contribution in [1.82, 2.24) is 4.90 Å². The molecule has 0 aliphatic carbocycles. The number of hydrogen-bond acceptors (Lipinski definition) is 4. The fourth-order valence-corrected chi connectivity index (χ4v) is 3.55. The third kappa shape index (κ3) is 3.37. The monoisotopic (exact) mass is 329 g/mol. The molecule has 2 amide bonds. The van der Waals surface area contributed by atoms with E-state index in [4.69, 9.17) is 5.73 Å². The van der Waals surface area contributed by atoms with E-state index in [9.17, 15) is 9.59 Å². The lowest BCUT2D eigenvalue weighted by Crippen LogP contribution is -2.48. The number of piperazine rings is 1. The Hall–Kier alpha value is -2.34. The van der Waals surface area contributed by atoms with Gasteiger partial charge in [-0.25, -0.2) is 0 Å². The fourth-order valence-electron chi connectivity index (χ4n) is 2.71. The van der Waals surface area contributed by atoms with Crippen molar-refractivity contribution in [2.75, 3.05) is 31.1 Å². The first-order valence-corrected chi connectivity index (χ1v) is 8.37. The van der Waals surface area contributed by atoms with Crippen LogP contribution >= 0.6 is 11.3 Å². The van der Waals surface area contributed by atoms with Gasteiger partial charge >= 0.3 is 0 Å². The molecule has 1 saturated heterocycles. The number of nitrogens with two attached hydrogens (primary N) is 1. The van der Waals surface area contributed by atoms with Gasteiger partial charge in [0.25, 0.3) is 5.91 Å². The van der Waals surface area contributed by atoms with Gasteiger partial charge in [0, 0.05) is 42.3 Å². The topological polar surface area (TPSA) is 66.6 Å². The van der Waals surface area contributed by atoms with Crippen LogP contribution in [-0.4, -0.2) is 42.9 Å². The van der Waals surface area contributed by atoms with Crippen LogP contribution in [0.2, 0.25) is 0 Å². The summed E-state index contributed by atoms with van der Waals surface area (Å²) >= 11 is 1.54. The van der Waals surface area contributed by atoms with Crippen LogP contribution in [0.1, 0.15) is 24.9 Å². The Kier molecular flexibility index (Phi) is 4.34. The van der Waals surface area contributed by atoms with E-state index in [1.54, 1.807) is 23.5 Å². The minimum atomic E-state index is -0.418. The van der Waals surface area contributed by atoms with E-state index in [1.165, 1.54) is 0 Å². The Labute approximate surface area is 139 Å². The van der Waals surface area contributed by atoms with Gasteiger partial charge in [0.05, 0.1) is 4.88 Å². The predicted molar refractivity (Wildman–Crippen MR) is 92.1 cm³/mol. The van der Waals surface area contributed by atoms with Crippen LogP contribution in [0.5, 0.6) is 0 Å². The maximum Gasteiger partial charge on any atom is 0.264 e. The highest BCUT2D eigenvalue weighted by Gasteiger charge is 2.23. The second-order valence-electron chi connectivity index (χ2n) is 5.60. The normalized spacial score (nSPS) is 14.8. The van der Waals surface area contributed by atoms with Crippen molar-refractivity contribution in [3.8, 4) is 0 Å². The van der Waals surface area contributed by atoms with Gasteiger partial charge in [0.15, 0.2) is 0 Å². The molecule has 120 valence electrons. The molecule has 0 saturated carbocycles. The number of benzene rings is 1. The number of amides is 2. The second kappa shape index (κ2) is 6.42. The van der Waals surface area contributed by atoms with Crippen LogP contribution in [0.3, 0.4) is 0 Å². The molecule has 1 aliphatic rings. The van der Waals surface area contributed by atoms with Crippen molar-refractivity contribution in [2.24, 2.45) is 5.73 Å². The number of hydrogen-bond donors (Lipinski definition) is 1. The number of carbonyl (C=O) groups is 2. The van der Waals surface area contributed by atoms with E-state index in [1.807, 2.05) is 36.1 Å². The molecule has 5 nitrogen and oxygen atoms in total. The smallest absolute Gasteiger partial charge is 0.264 e. The summed E-state index contributed by atoms with van der Waals surface area (Å²) in [6, 6.07) is 11.2. The van der Waals surface area contributed by atoms with Crippen LogP contribution in [0.15, 0.2) is 36.4 Å². The third-order valence-corrected chi connectivity index (χ3v) is 5.02. The number of thiophene rings is 1. The Morgan fingerprint density at radius 2 is 1.65 bits per heavy atom. The van der Waals surface area contributed by atoms with Gasteiger partial charge in [-0.15, -0.1) is 11.3 Å². The highest BCUT2D eigenvalue weighted by Crippen LogP contribution is 2.21. The SMILES string of the molecule is Cc1ccc(C(=O)N2CCN(c3ccc(C(N)=O)cc3)CC2)s1. The molecule has 6 heteroatoms. The fraction of sp³-hybridized carbons (Fsp3) is 0.294. The zero-order valence-electron chi connectivity index (χ0n) is 13.0. The molecule has 1 fully saturated rings. The zero-order chi connectivity index (χ0) is 16.4. The maximum absolute atomic E-state index is 12.4. The molecule has 1 aromatic heterocycles. The van der Waals surface area contributed by atoms with Crippen LogP contribution < -0.4 is 10.6 Å². The standard InChI is InChI=1S/C17H19N3O2S/c1-12-2-7-15(23-12)17(22)20-10-8-19(9-11-20)14-5-3-13(4-6-14)16(18)21/h2-7H,8-11H2,1H3,(H2,18,21). The van der Waals surface area contributed by atoms with Crippen molar-refractivity contribution >= 4 is 28.8 Å². The summed E-state index contributed by atoms with van der Waals surface area (Å²) < 4.78 is 0. The first-order chi connectivity index (χ1) is 11.0. The van der Waals surface area contributed by atoms with Gasteiger partial charge in [-0.3, -0.25) is 9.59 Å². The van der Waals surface area contributed by atoms with Crippen molar-refractivity contribution in [1.29, 1.82) is 0 Å². The molecule has 1 aromatic carbocycles. The van der Waals surface area contributed by atoms with Crippen LogP contribution in [0, 0.1) is 6.92 Å². The Bertz CT molecular complexity index is 716. The molecule has 23 heavy (non-hydrogen) atoms. The molecule has 0 spiro atoms. The molecular weight excluding hydrogens is 310 g/mol. The van der Waals surface area contributed by atoms with E-state index >= 15 is 0 Å². The number of nitrogens with zero attached hydrogens (tertiary/aromatic N) is 2. The average molecular weight is 329 g/mol. The summed E-state index contributed by atoms with van der Waals surface area (Å²) in [5.41, 5.74) is 6.81. The average Bonchev–Trinajstić information content (AvgIpc) is 3.01. The summed E-state index contributed by atoms with van der Waals surface area (Å²) in [5, 5.41) is 0. The number of anilines is 1. The van der Waals surface area contributed by atoms with E-state index in [2.05, 4.69) is 4.90 Å². The summed E-state index contributed by atoms with van der Waals surface area (Å²) in [6.45, 7) is 4.98. The van der Waals surface area contributed by atoms with E-state index < -0.39 is 5.91 Å². The molecular formula is C17H19N3O2S. The number of aryl methyl sites for hydroxylation is 1. The van der Waals surface area contributed by atoms with Gasteiger partial charge < -0.3 is 15.5 Å². The van der Waals surface area contributed by atoms with Crippen molar-refractivity contribution in [3.05, 3.63) is 51.7 Å². The summed E-state index contributed by atoms with van der Waals surface area (Å²) in [5.74, 6) is -0.301. The highest BCUT2D eigenvalue weighted by molar-refractivity contribution is 7.13. The molecule has 2 heterocycles. The predicted octanol–water partition coefficient (Wildman–Crippen LogP) is 2.12. The lowest BCUT2D eigenvalue weighted by atomic mass is 10.1. The molecule has 0 bridgehead atoms. The lowest BCUT2D eigenvalue weighted by Gasteiger charge is -2.36. The van der Waals surface area contributed by atoms with Crippen molar-refractivity contribution in [3.63, 3.8) is 0 Å². The molecule has 0 unspecified atom stereocenters. The minimum Gasteiger partial charge on any atom is -0.368 e. The first kappa shape index (κ1) is 15.6. The van der Waals surface area contributed by atoms with Gasteiger partial charge in [-0.2, -0.15) is 0 Å². The van der Waals surface area contributed by atoms with Crippen molar-refractivity contribution in [2.45, 2.75) is 6.92 Å². The third-order valence-electron chi connectivity index (χ3n) is 4.03. The molecule has 3 rings (SSSR count). The zero-order valence-corrected chi connectivity index (χ0v) is 13.8. The Morgan fingerprint density at radius 1 is 1.00 bits per heavy atom. The van der Waals surface area contributed by atoms with E-state index in [0.29, 0.717) is 18.7 Å². The van der Waals surface area contributed by atoms with E-state index in [-0.39, 0.29) is 5.91 Å². The van der Waals surface area contributed by atoms with Crippen molar-refractivity contribution < 1.29 is 9.59 Å². The molecule has 2 N–H and O–H groups in total. The Balaban J connectivity index is 1.61. The Morgan fingerprint density at radius 3 is 2.17 bits per heavy atom. The highest BCUT2D eigenvalue weighted by atomic mass is 32.1. The van der Waals surface area contributed by atoms with E-state index in [0.717, 1.165) is 28.5 Å². The van der Waals surface area contributed by atoms with Gasteiger partial charge in [0.1, 0.15) is 0 Å². The second-order valence-corrected chi connectivity index (χ2v) is 6.89. The van der Waals surface area contributed by atoms with Gasteiger partial charge in [-0.1, -0.05) is 0 Å². The quantitative estimate of drug-likeness (QED) is 0.938. The van der Waals surface area contributed by atoms with Crippen LogP contribution in [-0.2, 0) is 0 Å². The largest absolute Gasteiger partial charge is 0.368 e. The van der Waals surface area contributed by atoms with Gasteiger partial charge in [0.2, 0.25) is 5.91 Å².